The summed E-state index contributed by atoms with van der Waals surface area (Å²) in [5, 5.41) is 19.9. The Balaban J connectivity index is 2.49. The van der Waals surface area contributed by atoms with Crippen molar-refractivity contribution in [1.29, 1.82) is 0 Å². The quantitative estimate of drug-likeness (QED) is 0.652. The largest absolute Gasteiger partial charge is 0.477 e. The molecule has 0 aliphatic rings. The zero-order chi connectivity index (χ0) is 13.1. The summed E-state index contributed by atoms with van der Waals surface area (Å²) in [4.78, 5) is 25.1. The van der Waals surface area contributed by atoms with Gasteiger partial charge in [0, 0.05) is 25.0 Å². The second-order valence-electron chi connectivity index (χ2n) is 3.61. The van der Waals surface area contributed by atoms with Crippen LogP contribution >= 0.6 is 0 Å². The SMILES string of the molecule is O=C(O)c1c(Cn2ccnc2)cccc1[N+](=O)[O-]. The number of aromatic carboxylic acids is 1. The van der Waals surface area contributed by atoms with E-state index >= 15 is 0 Å². The van der Waals surface area contributed by atoms with Crippen molar-refractivity contribution in [1.82, 2.24) is 9.55 Å². The van der Waals surface area contributed by atoms with E-state index in [9.17, 15) is 14.9 Å². The molecule has 0 atom stereocenters. The van der Waals surface area contributed by atoms with Crippen molar-refractivity contribution in [2.45, 2.75) is 6.54 Å². The van der Waals surface area contributed by atoms with Crippen LogP contribution in [0.3, 0.4) is 0 Å². The van der Waals surface area contributed by atoms with Gasteiger partial charge in [-0.25, -0.2) is 9.78 Å². The van der Waals surface area contributed by atoms with Crippen molar-refractivity contribution in [3.05, 3.63) is 58.2 Å². The summed E-state index contributed by atoms with van der Waals surface area (Å²) in [5.74, 6) is -1.31. The first kappa shape index (κ1) is 11.8. The summed E-state index contributed by atoms with van der Waals surface area (Å²) in [7, 11) is 0. The third-order valence-electron chi connectivity index (χ3n) is 2.45. The van der Waals surface area contributed by atoms with Gasteiger partial charge in [-0.15, -0.1) is 0 Å². The number of carboxylic acids is 1. The molecule has 0 radical (unpaired) electrons. The van der Waals surface area contributed by atoms with E-state index in [4.69, 9.17) is 5.11 Å². The highest BCUT2D eigenvalue weighted by Crippen LogP contribution is 2.23. The predicted molar refractivity (Wildman–Crippen MR) is 61.4 cm³/mol. The molecule has 0 amide bonds. The molecular formula is C11H9N3O4. The molecule has 2 aromatic rings. The summed E-state index contributed by atoms with van der Waals surface area (Å²) in [6, 6.07) is 4.20. The molecule has 0 aliphatic carbocycles. The van der Waals surface area contributed by atoms with E-state index in [0.29, 0.717) is 5.56 Å². The first-order valence-electron chi connectivity index (χ1n) is 5.05. The number of nitro groups is 1. The van der Waals surface area contributed by atoms with E-state index < -0.39 is 16.6 Å². The van der Waals surface area contributed by atoms with Crippen LogP contribution in [0.15, 0.2) is 36.9 Å². The number of nitro benzene ring substituents is 1. The summed E-state index contributed by atoms with van der Waals surface area (Å²) < 4.78 is 1.64. The van der Waals surface area contributed by atoms with E-state index in [1.807, 2.05) is 0 Å². The Morgan fingerprint density at radius 2 is 2.28 bits per heavy atom. The Morgan fingerprint density at radius 3 is 2.83 bits per heavy atom. The van der Waals surface area contributed by atoms with Crippen LogP contribution in [0, 0.1) is 10.1 Å². The highest BCUT2D eigenvalue weighted by Gasteiger charge is 2.23. The molecule has 1 heterocycles. The van der Waals surface area contributed by atoms with E-state index in [2.05, 4.69) is 4.98 Å². The van der Waals surface area contributed by atoms with E-state index in [1.54, 1.807) is 23.0 Å². The minimum atomic E-state index is -1.31. The molecule has 0 spiro atoms. The van der Waals surface area contributed by atoms with Crippen molar-refractivity contribution in [2.24, 2.45) is 0 Å². The van der Waals surface area contributed by atoms with Gasteiger partial charge in [-0.1, -0.05) is 12.1 Å². The molecule has 7 heteroatoms. The Labute approximate surface area is 101 Å². The number of nitrogens with zero attached hydrogens (tertiary/aromatic N) is 3. The van der Waals surface area contributed by atoms with E-state index in [1.165, 1.54) is 18.5 Å². The van der Waals surface area contributed by atoms with Gasteiger partial charge in [-0.05, 0) is 5.56 Å². The fourth-order valence-corrected chi connectivity index (χ4v) is 1.69. The van der Waals surface area contributed by atoms with Crippen molar-refractivity contribution in [3.63, 3.8) is 0 Å². The number of carbonyl (C=O) groups is 1. The number of aromatic nitrogens is 2. The minimum Gasteiger partial charge on any atom is -0.477 e. The van der Waals surface area contributed by atoms with Gasteiger partial charge in [-0.3, -0.25) is 10.1 Å². The Kier molecular flexibility index (Phi) is 3.05. The van der Waals surface area contributed by atoms with Gasteiger partial charge in [0.1, 0.15) is 5.56 Å². The lowest BCUT2D eigenvalue weighted by Crippen LogP contribution is -2.09. The van der Waals surface area contributed by atoms with Gasteiger partial charge in [-0.2, -0.15) is 0 Å². The topological polar surface area (TPSA) is 98.3 Å². The molecule has 1 aromatic heterocycles. The summed E-state index contributed by atoms with van der Waals surface area (Å²) in [6.07, 6.45) is 4.73. The average Bonchev–Trinajstić information content (AvgIpc) is 2.81. The highest BCUT2D eigenvalue weighted by molar-refractivity contribution is 5.94. The summed E-state index contributed by atoms with van der Waals surface area (Å²) >= 11 is 0. The number of hydrogen-bond acceptors (Lipinski definition) is 4. The average molecular weight is 247 g/mol. The van der Waals surface area contributed by atoms with Gasteiger partial charge >= 0.3 is 5.97 Å². The molecular weight excluding hydrogens is 238 g/mol. The summed E-state index contributed by atoms with van der Waals surface area (Å²) in [5.41, 5.74) is -0.314. The second kappa shape index (κ2) is 4.66. The predicted octanol–water partition coefficient (Wildman–Crippen LogP) is 1.54. The van der Waals surface area contributed by atoms with Gasteiger partial charge in [0.05, 0.1) is 11.3 Å². The van der Waals surface area contributed by atoms with Gasteiger partial charge in [0.15, 0.2) is 0 Å². The van der Waals surface area contributed by atoms with Crippen molar-refractivity contribution >= 4 is 11.7 Å². The zero-order valence-electron chi connectivity index (χ0n) is 9.18. The number of imidazole rings is 1. The Bertz CT molecular complexity index is 592. The molecule has 0 saturated carbocycles. The molecule has 0 fully saturated rings. The molecule has 1 N–H and O–H groups in total. The van der Waals surface area contributed by atoms with Crippen LogP contribution in [0.25, 0.3) is 0 Å². The third kappa shape index (κ3) is 2.19. The van der Waals surface area contributed by atoms with Crippen molar-refractivity contribution in [2.75, 3.05) is 0 Å². The molecule has 0 aliphatic heterocycles. The molecule has 0 saturated heterocycles. The van der Waals surface area contributed by atoms with Crippen LogP contribution in [0.5, 0.6) is 0 Å². The van der Waals surface area contributed by atoms with Crippen LogP contribution in [0.1, 0.15) is 15.9 Å². The maximum Gasteiger partial charge on any atom is 0.343 e. The number of hydrogen-bond donors (Lipinski definition) is 1. The highest BCUT2D eigenvalue weighted by atomic mass is 16.6. The smallest absolute Gasteiger partial charge is 0.343 e. The molecule has 7 nitrogen and oxygen atoms in total. The van der Waals surface area contributed by atoms with Crippen LogP contribution in [0.4, 0.5) is 5.69 Å². The fourth-order valence-electron chi connectivity index (χ4n) is 1.69. The first-order valence-corrected chi connectivity index (χ1v) is 5.05. The summed E-state index contributed by atoms with van der Waals surface area (Å²) in [6.45, 7) is 0.226. The lowest BCUT2D eigenvalue weighted by atomic mass is 10.1. The molecule has 1 aromatic carbocycles. The number of rotatable bonds is 4. The molecule has 0 bridgehead atoms. The number of carboxylic acid groups (broad SMARTS) is 1. The van der Waals surface area contributed by atoms with Crippen LogP contribution in [-0.4, -0.2) is 25.6 Å². The zero-order valence-corrected chi connectivity index (χ0v) is 9.18. The van der Waals surface area contributed by atoms with E-state index in [-0.39, 0.29) is 12.1 Å². The minimum absolute atomic E-state index is 0.226. The molecule has 18 heavy (non-hydrogen) atoms. The molecule has 2 rings (SSSR count). The number of benzene rings is 1. The van der Waals surface area contributed by atoms with Gasteiger partial charge < -0.3 is 9.67 Å². The van der Waals surface area contributed by atoms with Gasteiger partial charge in [0.2, 0.25) is 0 Å². The van der Waals surface area contributed by atoms with Gasteiger partial charge in [0.25, 0.3) is 5.69 Å². The molecule has 0 unspecified atom stereocenters. The van der Waals surface area contributed by atoms with Crippen LogP contribution < -0.4 is 0 Å². The lowest BCUT2D eigenvalue weighted by molar-refractivity contribution is -0.385. The fraction of sp³-hybridized carbons (Fsp3) is 0.0909. The van der Waals surface area contributed by atoms with Crippen LogP contribution in [-0.2, 0) is 6.54 Å². The first-order chi connectivity index (χ1) is 8.59. The van der Waals surface area contributed by atoms with Crippen molar-refractivity contribution < 1.29 is 14.8 Å². The normalized spacial score (nSPS) is 10.2. The monoisotopic (exact) mass is 247 g/mol. The maximum absolute atomic E-state index is 11.1. The second-order valence-corrected chi connectivity index (χ2v) is 3.61. The Morgan fingerprint density at radius 1 is 1.50 bits per heavy atom. The van der Waals surface area contributed by atoms with E-state index in [0.717, 1.165) is 0 Å². The van der Waals surface area contributed by atoms with Crippen LogP contribution in [0.2, 0.25) is 0 Å². The lowest BCUT2D eigenvalue weighted by Gasteiger charge is -2.07. The maximum atomic E-state index is 11.1. The third-order valence-corrected chi connectivity index (χ3v) is 2.45. The molecule has 92 valence electrons. The Hall–Kier alpha value is -2.70. The van der Waals surface area contributed by atoms with Crippen molar-refractivity contribution in [3.8, 4) is 0 Å². The standard InChI is InChI=1S/C11H9N3O4/c15-11(16)10-8(6-13-5-4-12-7-13)2-1-3-9(10)14(17)18/h1-5,7H,6H2,(H,15,16).